The maximum absolute atomic E-state index is 6.19. The van der Waals surface area contributed by atoms with Crippen molar-refractivity contribution >= 4 is 0 Å². The fourth-order valence-corrected chi connectivity index (χ4v) is 4.04. The van der Waals surface area contributed by atoms with Crippen LogP contribution in [0.25, 0.3) is 0 Å². The zero-order valence-electron chi connectivity index (χ0n) is 15.0. The second-order valence-electron chi connectivity index (χ2n) is 7.15. The molecule has 126 valence electrons. The zero-order valence-corrected chi connectivity index (χ0v) is 15.0. The molecule has 0 spiro atoms. The Hall–Kier alpha value is -0.120. The lowest BCUT2D eigenvalue weighted by Gasteiger charge is -2.42. The van der Waals surface area contributed by atoms with Gasteiger partial charge in [-0.3, -0.25) is 0 Å². The molecule has 0 radical (unpaired) electrons. The third kappa shape index (κ3) is 6.25. The summed E-state index contributed by atoms with van der Waals surface area (Å²) in [5, 5.41) is 0. The van der Waals surface area contributed by atoms with E-state index in [1.165, 1.54) is 64.8 Å². The van der Waals surface area contributed by atoms with Gasteiger partial charge in [0.15, 0.2) is 0 Å². The molecule has 2 unspecified atom stereocenters. The van der Waals surface area contributed by atoms with Crippen molar-refractivity contribution in [3.8, 4) is 0 Å². The van der Waals surface area contributed by atoms with Crippen LogP contribution in [0.1, 0.15) is 59.8 Å². The largest absolute Gasteiger partial charge is 0.330 e. The molecule has 21 heavy (non-hydrogen) atoms. The topological polar surface area (TPSA) is 32.5 Å². The molecule has 0 amide bonds. The van der Waals surface area contributed by atoms with Gasteiger partial charge in [0.05, 0.1) is 0 Å². The molecular formula is C18H39N3. The summed E-state index contributed by atoms with van der Waals surface area (Å²) in [4.78, 5) is 5.17. The number of hydrogen-bond donors (Lipinski definition) is 1. The van der Waals surface area contributed by atoms with E-state index < -0.39 is 0 Å². The summed E-state index contributed by atoms with van der Waals surface area (Å²) in [5.41, 5.74) is 6.58. The summed E-state index contributed by atoms with van der Waals surface area (Å²) in [6, 6.07) is 0. The second kappa shape index (κ2) is 9.81. The van der Waals surface area contributed by atoms with Gasteiger partial charge in [0.2, 0.25) is 0 Å². The molecule has 1 rings (SSSR count). The molecule has 3 nitrogen and oxygen atoms in total. The molecule has 0 aromatic carbocycles. The van der Waals surface area contributed by atoms with Crippen LogP contribution in [-0.4, -0.2) is 55.6 Å². The van der Waals surface area contributed by atoms with Crippen LogP contribution in [0, 0.1) is 11.3 Å². The van der Waals surface area contributed by atoms with E-state index in [0.29, 0.717) is 5.41 Å². The Balaban J connectivity index is 2.44. The fraction of sp³-hybridized carbons (Fsp3) is 1.00. The molecule has 2 N–H and O–H groups in total. The standard InChI is InChI=1S/C18H39N3/c1-5-20(6-2)12-9-13-21(7-3)16-18(15-19)11-8-10-17(4)14-18/h17H,5-16,19H2,1-4H3. The maximum atomic E-state index is 6.19. The maximum Gasteiger partial charge on any atom is 0.00501 e. The lowest BCUT2D eigenvalue weighted by atomic mass is 9.69. The van der Waals surface area contributed by atoms with E-state index in [0.717, 1.165) is 19.0 Å². The molecule has 1 fully saturated rings. The summed E-state index contributed by atoms with van der Waals surface area (Å²) in [6.07, 6.45) is 6.72. The van der Waals surface area contributed by atoms with Crippen molar-refractivity contribution in [1.82, 2.24) is 9.80 Å². The normalized spacial score (nSPS) is 26.7. The summed E-state index contributed by atoms with van der Waals surface area (Å²) in [7, 11) is 0. The Labute approximate surface area is 133 Å². The van der Waals surface area contributed by atoms with Gasteiger partial charge in [-0.2, -0.15) is 0 Å². The lowest BCUT2D eigenvalue weighted by molar-refractivity contribution is 0.0884. The molecule has 2 atom stereocenters. The Morgan fingerprint density at radius 3 is 2.19 bits per heavy atom. The van der Waals surface area contributed by atoms with Crippen LogP contribution in [0.4, 0.5) is 0 Å². The molecule has 1 saturated carbocycles. The van der Waals surface area contributed by atoms with E-state index in [2.05, 4.69) is 37.5 Å². The third-order valence-corrected chi connectivity index (χ3v) is 5.47. The first-order valence-electron chi connectivity index (χ1n) is 9.23. The molecule has 1 aliphatic carbocycles. The van der Waals surface area contributed by atoms with Gasteiger partial charge < -0.3 is 15.5 Å². The first-order chi connectivity index (χ1) is 10.1. The Morgan fingerprint density at radius 2 is 1.67 bits per heavy atom. The van der Waals surface area contributed by atoms with Gasteiger partial charge in [0.25, 0.3) is 0 Å². The number of nitrogens with two attached hydrogens (primary N) is 1. The van der Waals surface area contributed by atoms with Gasteiger partial charge in [-0.25, -0.2) is 0 Å². The summed E-state index contributed by atoms with van der Waals surface area (Å²) in [5.74, 6) is 0.858. The van der Waals surface area contributed by atoms with Crippen molar-refractivity contribution in [3.05, 3.63) is 0 Å². The molecule has 0 bridgehead atoms. The van der Waals surface area contributed by atoms with Crippen LogP contribution >= 0.6 is 0 Å². The second-order valence-corrected chi connectivity index (χ2v) is 7.15. The summed E-state index contributed by atoms with van der Waals surface area (Å²) in [6.45, 7) is 17.3. The third-order valence-electron chi connectivity index (χ3n) is 5.47. The summed E-state index contributed by atoms with van der Waals surface area (Å²) < 4.78 is 0. The van der Waals surface area contributed by atoms with Crippen molar-refractivity contribution in [2.24, 2.45) is 17.1 Å². The number of rotatable bonds is 10. The van der Waals surface area contributed by atoms with Gasteiger partial charge in [-0.15, -0.1) is 0 Å². The van der Waals surface area contributed by atoms with E-state index in [4.69, 9.17) is 5.73 Å². The van der Waals surface area contributed by atoms with E-state index in [1.807, 2.05) is 0 Å². The molecule has 1 aliphatic rings. The SMILES string of the molecule is CCN(CC)CCCN(CC)CC1(CN)CCCC(C)C1. The van der Waals surface area contributed by atoms with Crippen LogP contribution in [0.15, 0.2) is 0 Å². The van der Waals surface area contributed by atoms with E-state index in [-0.39, 0.29) is 0 Å². The number of hydrogen-bond acceptors (Lipinski definition) is 3. The minimum Gasteiger partial charge on any atom is -0.330 e. The molecular weight excluding hydrogens is 258 g/mol. The molecule has 0 heterocycles. The monoisotopic (exact) mass is 297 g/mol. The smallest absolute Gasteiger partial charge is 0.00501 e. The van der Waals surface area contributed by atoms with Crippen molar-refractivity contribution in [2.45, 2.75) is 59.8 Å². The average molecular weight is 298 g/mol. The molecule has 0 aromatic rings. The summed E-state index contributed by atoms with van der Waals surface area (Å²) >= 11 is 0. The van der Waals surface area contributed by atoms with E-state index >= 15 is 0 Å². The number of nitrogens with zero attached hydrogens (tertiary/aromatic N) is 2. The highest BCUT2D eigenvalue weighted by atomic mass is 15.1. The average Bonchev–Trinajstić information content (AvgIpc) is 2.50. The van der Waals surface area contributed by atoms with E-state index in [1.54, 1.807) is 0 Å². The predicted molar refractivity (Wildman–Crippen MR) is 93.6 cm³/mol. The van der Waals surface area contributed by atoms with Gasteiger partial charge in [-0.05, 0) is 69.9 Å². The Kier molecular flexibility index (Phi) is 8.84. The Bertz CT molecular complexity index is 265. The Morgan fingerprint density at radius 1 is 1.05 bits per heavy atom. The van der Waals surface area contributed by atoms with Crippen molar-refractivity contribution in [2.75, 3.05) is 45.8 Å². The molecule has 3 heteroatoms. The van der Waals surface area contributed by atoms with Crippen molar-refractivity contribution in [3.63, 3.8) is 0 Å². The predicted octanol–water partition coefficient (Wildman–Crippen LogP) is 3.20. The molecule has 0 aliphatic heterocycles. The van der Waals surface area contributed by atoms with Gasteiger partial charge >= 0.3 is 0 Å². The van der Waals surface area contributed by atoms with Gasteiger partial charge in [0, 0.05) is 6.54 Å². The van der Waals surface area contributed by atoms with Crippen molar-refractivity contribution < 1.29 is 0 Å². The van der Waals surface area contributed by atoms with Crippen LogP contribution in [0.5, 0.6) is 0 Å². The molecule has 0 saturated heterocycles. The van der Waals surface area contributed by atoms with Gasteiger partial charge in [-0.1, -0.05) is 40.5 Å². The fourth-order valence-electron chi connectivity index (χ4n) is 4.04. The van der Waals surface area contributed by atoms with Gasteiger partial charge in [0.1, 0.15) is 0 Å². The van der Waals surface area contributed by atoms with E-state index in [9.17, 15) is 0 Å². The lowest BCUT2D eigenvalue weighted by Crippen LogP contribution is -2.46. The molecule has 0 aromatic heterocycles. The highest BCUT2D eigenvalue weighted by molar-refractivity contribution is 4.88. The van der Waals surface area contributed by atoms with Crippen molar-refractivity contribution in [1.29, 1.82) is 0 Å². The highest BCUT2D eigenvalue weighted by Crippen LogP contribution is 2.39. The minimum atomic E-state index is 0.392. The zero-order chi connectivity index (χ0) is 15.7. The highest BCUT2D eigenvalue weighted by Gasteiger charge is 2.34. The first-order valence-corrected chi connectivity index (χ1v) is 9.23. The quantitative estimate of drug-likeness (QED) is 0.672. The van der Waals surface area contributed by atoms with Crippen LogP contribution in [-0.2, 0) is 0 Å². The minimum absolute atomic E-state index is 0.392. The first kappa shape index (κ1) is 18.9. The van der Waals surface area contributed by atoms with Crippen LogP contribution < -0.4 is 5.73 Å². The van der Waals surface area contributed by atoms with Crippen LogP contribution in [0.3, 0.4) is 0 Å². The van der Waals surface area contributed by atoms with Crippen LogP contribution in [0.2, 0.25) is 0 Å².